The highest BCUT2D eigenvalue weighted by molar-refractivity contribution is 7.91. The molecule has 0 bridgehead atoms. The number of aromatic nitrogens is 4. The molecule has 3 aromatic heterocycles. The molecule has 3 heterocycles. The summed E-state index contributed by atoms with van der Waals surface area (Å²) in [7, 11) is -1.61. The Balaban J connectivity index is 2.38. The monoisotopic (exact) mass is 480 g/mol. The van der Waals surface area contributed by atoms with E-state index in [9.17, 15) is 34.8 Å². The number of nitrogens with zero attached hydrogens (tertiary/aromatic N) is 5. The fourth-order valence-corrected chi connectivity index (χ4v) is 4.03. The van der Waals surface area contributed by atoms with Crippen LogP contribution in [0.15, 0.2) is 23.2 Å². The summed E-state index contributed by atoms with van der Waals surface area (Å²) in [6.07, 6.45) is -9.21. The Morgan fingerprint density at radius 1 is 1.09 bits per heavy atom. The van der Waals surface area contributed by atoms with Crippen LogP contribution in [0.3, 0.4) is 0 Å². The molecule has 0 spiro atoms. The number of pyridine rings is 2. The minimum absolute atomic E-state index is 0.0694. The molecule has 3 rings (SSSR count). The molecule has 0 amide bonds. The smallest absolute Gasteiger partial charge is 0.289 e. The van der Waals surface area contributed by atoms with Crippen molar-refractivity contribution in [3.05, 3.63) is 29.5 Å². The van der Waals surface area contributed by atoms with Crippen molar-refractivity contribution in [1.29, 1.82) is 0 Å². The van der Waals surface area contributed by atoms with Crippen LogP contribution in [-0.2, 0) is 29.2 Å². The number of halogens is 6. The third-order valence-corrected chi connectivity index (χ3v) is 6.34. The van der Waals surface area contributed by atoms with Gasteiger partial charge in [0.15, 0.2) is 21.2 Å². The maximum atomic E-state index is 13.5. The molecule has 172 valence electrons. The van der Waals surface area contributed by atoms with E-state index in [1.165, 1.54) is 21.0 Å². The molecule has 0 atom stereocenters. The van der Waals surface area contributed by atoms with Crippen LogP contribution in [0.25, 0.3) is 22.7 Å². The van der Waals surface area contributed by atoms with E-state index in [2.05, 4.69) is 21.7 Å². The summed E-state index contributed by atoms with van der Waals surface area (Å²) in [6, 6.07) is 1.14. The third kappa shape index (κ3) is 4.06. The van der Waals surface area contributed by atoms with Crippen molar-refractivity contribution < 1.29 is 39.3 Å². The minimum atomic E-state index is -4.85. The molecule has 0 unspecified atom stereocenters. The predicted molar refractivity (Wildman–Crippen MR) is 102 cm³/mol. The van der Waals surface area contributed by atoms with Gasteiger partial charge in [0.2, 0.25) is 0 Å². The summed E-state index contributed by atoms with van der Waals surface area (Å²) in [4.78, 5) is 10.9. The van der Waals surface area contributed by atoms with Gasteiger partial charge in [-0.3, -0.25) is 9.55 Å². The van der Waals surface area contributed by atoms with Crippen molar-refractivity contribution in [2.75, 3.05) is 12.8 Å². The lowest BCUT2D eigenvalue weighted by Gasteiger charge is -2.12. The van der Waals surface area contributed by atoms with E-state index in [0.717, 1.165) is 9.14 Å². The largest absolute Gasteiger partial charge is 0.424 e. The fourth-order valence-electron chi connectivity index (χ4n) is 2.97. The van der Waals surface area contributed by atoms with Crippen LogP contribution < -0.4 is 0 Å². The van der Waals surface area contributed by atoms with Gasteiger partial charge in [-0.25, -0.2) is 18.0 Å². The van der Waals surface area contributed by atoms with Crippen LogP contribution in [0, 0.1) is 0 Å². The standard InChI is InChI=1S/C18H16F6N5O2S/c1-5-32(30,31)12-6-9(17(19,20)21)8-25-13(12)16-26-11-7-10(18(22,23)24)14(28(2)3)27-15(11)29(16)4/h6-8H,2,5H2,1,3-4H3/q+1. The Hall–Kier alpha value is -3.03. The summed E-state index contributed by atoms with van der Waals surface area (Å²) in [6.45, 7) is 4.66. The van der Waals surface area contributed by atoms with Gasteiger partial charge in [-0.1, -0.05) is 6.92 Å². The van der Waals surface area contributed by atoms with Crippen LogP contribution in [0.5, 0.6) is 0 Å². The van der Waals surface area contributed by atoms with E-state index in [1.54, 1.807) is 0 Å². The molecule has 0 saturated heterocycles. The quantitative estimate of drug-likeness (QED) is 0.322. The number of sulfone groups is 1. The first kappa shape index (κ1) is 23.6. The highest BCUT2D eigenvalue weighted by Gasteiger charge is 2.40. The van der Waals surface area contributed by atoms with Gasteiger partial charge in [0.1, 0.15) is 11.2 Å². The molecule has 0 N–H and O–H groups in total. The number of hydrogen-bond acceptors (Lipinski definition) is 5. The topological polar surface area (TPSA) is 80.8 Å². The highest BCUT2D eigenvalue weighted by Crippen LogP contribution is 2.38. The van der Waals surface area contributed by atoms with E-state index < -0.39 is 55.5 Å². The van der Waals surface area contributed by atoms with Gasteiger partial charge in [-0.2, -0.15) is 26.3 Å². The number of fused-ring (bicyclic) bond motifs is 1. The second-order valence-corrected chi connectivity index (χ2v) is 9.11. The number of imidazole rings is 1. The number of aryl methyl sites for hydroxylation is 1. The van der Waals surface area contributed by atoms with Crippen LogP contribution in [-0.4, -0.2) is 52.0 Å². The molecule has 0 saturated carbocycles. The van der Waals surface area contributed by atoms with Crippen molar-refractivity contribution in [2.45, 2.75) is 24.2 Å². The molecule has 0 aliphatic heterocycles. The van der Waals surface area contributed by atoms with Gasteiger partial charge in [0, 0.05) is 13.2 Å². The van der Waals surface area contributed by atoms with Crippen LogP contribution in [0.4, 0.5) is 32.2 Å². The van der Waals surface area contributed by atoms with Crippen molar-refractivity contribution >= 4 is 33.5 Å². The van der Waals surface area contributed by atoms with E-state index >= 15 is 0 Å². The Morgan fingerprint density at radius 3 is 2.22 bits per heavy atom. The van der Waals surface area contributed by atoms with Gasteiger partial charge in [-0.15, -0.1) is 0 Å². The molecule has 32 heavy (non-hydrogen) atoms. The Labute approximate surface area is 178 Å². The van der Waals surface area contributed by atoms with Crippen molar-refractivity contribution in [1.82, 2.24) is 19.5 Å². The van der Waals surface area contributed by atoms with Crippen molar-refractivity contribution in [2.24, 2.45) is 7.05 Å². The van der Waals surface area contributed by atoms with Crippen LogP contribution in [0.2, 0.25) is 0 Å². The summed E-state index contributed by atoms with van der Waals surface area (Å²) in [5.74, 6) is -1.30. The maximum Gasteiger partial charge on any atom is 0.424 e. The molecule has 14 heteroatoms. The summed E-state index contributed by atoms with van der Waals surface area (Å²) < 4.78 is 107. The maximum absolute atomic E-state index is 13.5. The SMILES string of the molecule is C=[N+](C)c1nc2c(cc1C(F)(F)F)nc(-c1ncc(C(F)(F)F)cc1S(=O)(=O)CC)n2C. The third-order valence-electron chi connectivity index (χ3n) is 4.60. The average Bonchev–Trinajstić information content (AvgIpc) is 3.01. The lowest BCUT2D eigenvalue weighted by molar-refractivity contribution is -0.402. The van der Waals surface area contributed by atoms with Crippen molar-refractivity contribution in [3.8, 4) is 11.5 Å². The van der Waals surface area contributed by atoms with E-state index in [4.69, 9.17) is 0 Å². The summed E-state index contributed by atoms with van der Waals surface area (Å²) in [5, 5.41) is 0. The Bertz CT molecular complexity index is 1340. The first-order valence-corrected chi connectivity index (χ1v) is 10.5. The summed E-state index contributed by atoms with van der Waals surface area (Å²) >= 11 is 0. The van der Waals surface area contributed by atoms with E-state index in [1.807, 2.05) is 0 Å². The zero-order valence-electron chi connectivity index (χ0n) is 16.9. The van der Waals surface area contributed by atoms with E-state index in [0.29, 0.717) is 18.3 Å². The molecule has 0 aromatic carbocycles. The normalized spacial score (nSPS) is 13.0. The second-order valence-electron chi connectivity index (χ2n) is 6.86. The van der Waals surface area contributed by atoms with Gasteiger partial charge < -0.3 is 0 Å². The molecule has 7 nitrogen and oxygen atoms in total. The molecular formula is C18H16F6N5O2S+. The summed E-state index contributed by atoms with van der Waals surface area (Å²) in [5.41, 5.74) is -3.17. The van der Waals surface area contributed by atoms with Gasteiger partial charge >= 0.3 is 18.2 Å². The number of alkyl halides is 6. The number of rotatable bonds is 4. The molecule has 0 aliphatic rings. The first-order chi connectivity index (χ1) is 14.6. The number of hydrogen-bond donors (Lipinski definition) is 0. The molecule has 0 radical (unpaired) electrons. The van der Waals surface area contributed by atoms with Gasteiger partial charge in [-0.05, 0) is 17.1 Å². The van der Waals surface area contributed by atoms with Crippen molar-refractivity contribution in [3.63, 3.8) is 0 Å². The Morgan fingerprint density at radius 2 is 1.72 bits per heavy atom. The fraction of sp³-hybridized carbons (Fsp3) is 0.333. The molecular weight excluding hydrogens is 464 g/mol. The van der Waals surface area contributed by atoms with E-state index in [-0.39, 0.29) is 17.0 Å². The average molecular weight is 480 g/mol. The lowest BCUT2D eigenvalue weighted by atomic mass is 10.2. The minimum Gasteiger partial charge on any atom is -0.289 e. The second kappa shape index (κ2) is 7.53. The van der Waals surface area contributed by atoms with Gasteiger partial charge in [0.05, 0.1) is 30.0 Å². The predicted octanol–water partition coefficient (Wildman–Crippen LogP) is 3.84. The van der Waals surface area contributed by atoms with Crippen LogP contribution >= 0.6 is 0 Å². The molecule has 3 aromatic rings. The van der Waals surface area contributed by atoms with Crippen LogP contribution in [0.1, 0.15) is 18.1 Å². The highest BCUT2D eigenvalue weighted by atomic mass is 32.2. The zero-order valence-corrected chi connectivity index (χ0v) is 17.7. The lowest BCUT2D eigenvalue weighted by Crippen LogP contribution is -2.13. The van der Waals surface area contributed by atoms with Gasteiger partial charge in [0.25, 0.3) is 5.65 Å². The zero-order chi connectivity index (χ0) is 24.2. The first-order valence-electron chi connectivity index (χ1n) is 8.87. The molecule has 0 aliphatic carbocycles. The molecule has 0 fully saturated rings. The Kier molecular flexibility index (Phi) is 5.56.